The maximum atomic E-state index is 12.5. The molecule has 0 spiro atoms. The standard InChI is InChI=1S/C24H24N4O5S/c1-34(30,31)21-8-3-2-7-20(21)16-9-11-18(12-10-16)27-24(29)33-22-14-32-15-28(22)19-6-4-5-17(13-19)23(25)26/h2-13,22H,14-15H2,1H3,(H3,25,26)(H,27,29). The lowest BCUT2D eigenvalue weighted by molar-refractivity contribution is 0.0935. The summed E-state index contributed by atoms with van der Waals surface area (Å²) in [5.74, 6) is -0.0558. The third kappa shape index (κ3) is 5.19. The van der Waals surface area contributed by atoms with Crippen LogP contribution < -0.4 is 16.0 Å². The summed E-state index contributed by atoms with van der Waals surface area (Å²) in [6, 6.07) is 20.6. The van der Waals surface area contributed by atoms with Crippen molar-refractivity contribution in [3.8, 4) is 11.1 Å². The molecule has 3 aromatic rings. The topological polar surface area (TPSA) is 135 Å². The molecule has 34 heavy (non-hydrogen) atoms. The highest BCUT2D eigenvalue weighted by atomic mass is 32.2. The number of ether oxygens (including phenoxy) is 2. The normalized spacial score (nSPS) is 15.7. The number of carbonyl (C=O) groups is 1. The fourth-order valence-electron chi connectivity index (χ4n) is 3.65. The maximum absolute atomic E-state index is 12.5. The summed E-state index contributed by atoms with van der Waals surface area (Å²) in [6.45, 7) is 0.423. The zero-order valence-corrected chi connectivity index (χ0v) is 19.2. The highest BCUT2D eigenvalue weighted by molar-refractivity contribution is 7.90. The van der Waals surface area contributed by atoms with Gasteiger partial charge in [-0.25, -0.2) is 13.2 Å². The van der Waals surface area contributed by atoms with Crippen LogP contribution in [0.25, 0.3) is 11.1 Å². The van der Waals surface area contributed by atoms with Gasteiger partial charge in [-0.1, -0.05) is 42.5 Å². The van der Waals surface area contributed by atoms with E-state index in [9.17, 15) is 13.2 Å². The summed E-state index contributed by atoms with van der Waals surface area (Å²) < 4.78 is 35.2. The molecule has 9 nitrogen and oxygen atoms in total. The van der Waals surface area contributed by atoms with Crippen molar-refractivity contribution < 1.29 is 22.7 Å². The number of nitrogen functional groups attached to an aromatic ring is 1. The number of nitrogens with one attached hydrogen (secondary N) is 2. The summed E-state index contributed by atoms with van der Waals surface area (Å²) in [7, 11) is -3.38. The summed E-state index contributed by atoms with van der Waals surface area (Å²) in [5.41, 5.74) is 8.64. The second-order valence-corrected chi connectivity index (χ2v) is 9.75. The Balaban J connectivity index is 1.44. The Hall–Kier alpha value is -3.89. The molecule has 1 heterocycles. The average Bonchev–Trinajstić information content (AvgIpc) is 3.27. The molecule has 1 amide bonds. The summed E-state index contributed by atoms with van der Waals surface area (Å²) in [6.07, 6.45) is -0.139. The first-order valence-electron chi connectivity index (χ1n) is 10.4. The van der Waals surface area contributed by atoms with Crippen LogP contribution in [0.15, 0.2) is 77.7 Å². The number of hydrogen-bond acceptors (Lipinski definition) is 7. The largest absolute Gasteiger partial charge is 0.423 e. The van der Waals surface area contributed by atoms with Gasteiger partial charge >= 0.3 is 6.09 Å². The summed E-state index contributed by atoms with van der Waals surface area (Å²) in [4.78, 5) is 14.5. The molecule has 0 radical (unpaired) electrons. The van der Waals surface area contributed by atoms with E-state index >= 15 is 0 Å². The van der Waals surface area contributed by atoms with Gasteiger partial charge in [0.1, 0.15) is 19.2 Å². The number of nitrogens with zero attached hydrogens (tertiary/aromatic N) is 1. The number of benzene rings is 3. The molecule has 4 N–H and O–H groups in total. The van der Waals surface area contributed by atoms with Crippen LogP contribution in [0.5, 0.6) is 0 Å². The predicted molar refractivity (Wildman–Crippen MR) is 130 cm³/mol. The van der Waals surface area contributed by atoms with Crippen molar-refractivity contribution in [2.24, 2.45) is 5.73 Å². The molecule has 1 aliphatic heterocycles. The van der Waals surface area contributed by atoms with Gasteiger partial charge in [-0.3, -0.25) is 10.7 Å². The first-order chi connectivity index (χ1) is 16.2. The molecule has 0 aliphatic carbocycles. The summed E-state index contributed by atoms with van der Waals surface area (Å²) >= 11 is 0. The SMILES string of the molecule is CS(=O)(=O)c1ccccc1-c1ccc(NC(=O)OC2COCN2c2cccc(C(=N)N)c2)cc1. The van der Waals surface area contributed by atoms with Gasteiger partial charge in [0.05, 0.1) is 4.90 Å². The van der Waals surface area contributed by atoms with Gasteiger partial charge in [0.15, 0.2) is 9.84 Å². The minimum absolute atomic E-state index is 0.0558. The first-order valence-corrected chi connectivity index (χ1v) is 12.3. The molecule has 1 atom stereocenters. The Morgan fingerprint density at radius 3 is 2.56 bits per heavy atom. The number of rotatable bonds is 6. The quantitative estimate of drug-likeness (QED) is 0.363. The number of carbonyl (C=O) groups excluding carboxylic acids is 1. The van der Waals surface area contributed by atoms with Gasteiger partial charge in [0, 0.05) is 28.8 Å². The van der Waals surface area contributed by atoms with E-state index in [1.54, 1.807) is 71.6 Å². The van der Waals surface area contributed by atoms with Crippen molar-refractivity contribution in [3.05, 3.63) is 78.4 Å². The van der Waals surface area contributed by atoms with Gasteiger partial charge in [0.2, 0.25) is 6.23 Å². The number of sulfone groups is 1. The van der Waals surface area contributed by atoms with E-state index < -0.39 is 22.2 Å². The van der Waals surface area contributed by atoms with Gasteiger partial charge in [-0.05, 0) is 35.9 Å². The summed E-state index contributed by atoms with van der Waals surface area (Å²) in [5, 5.41) is 10.3. The number of amides is 1. The lowest BCUT2D eigenvalue weighted by Crippen LogP contribution is -2.36. The van der Waals surface area contributed by atoms with E-state index in [4.69, 9.17) is 20.6 Å². The molecule has 0 saturated carbocycles. The van der Waals surface area contributed by atoms with Gasteiger partial charge in [0.25, 0.3) is 0 Å². The zero-order chi connectivity index (χ0) is 24.3. The fourth-order valence-corrected chi connectivity index (χ4v) is 4.56. The second kappa shape index (κ2) is 9.54. The van der Waals surface area contributed by atoms with Crippen molar-refractivity contribution in [2.45, 2.75) is 11.1 Å². The molecule has 1 unspecified atom stereocenters. The van der Waals surface area contributed by atoms with Crippen molar-refractivity contribution in [2.75, 3.05) is 29.8 Å². The van der Waals surface area contributed by atoms with E-state index in [-0.39, 0.29) is 24.1 Å². The van der Waals surface area contributed by atoms with E-state index in [0.717, 1.165) is 5.69 Å². The Labute approximate surface area is 197 Å². The first kappa shape index (κ1) is 23.3. The Morgan fingerprint density at radius 1 is 1.12 bits per heavy atom. The minimum Gasteiger partial charge on any atom is -0.423 e. The average molecular weight is 481 g/mol. The van der Waals surface area contributed by atoms with Crippen molar-refractivity contribution in [1.82, 2.24) is 0 Å². The number of hydrogen-bond donors (Lipinski definition) is 3. The molecule has 0 aromatic heterocycles. The third-order valence-electron chi connectivity index (χ3n) is 5.30. The second-order valence-electron chi connectivity index (χ2n) is 7.76. The molecular weight excluding hydrogens is 456 g/mol. The van der Waals surface area contributed by atoms with Crippen LogP contribution in [0.4, 0.5) is 16.2 Å². The van der Waals surface area contributed by atoms with Crippen LogP contribution in [-0.2, 0) is 19.3 Å². The Morgan fingerprint density at radius 2 is 1.85 bits per heavy atom. The maximum Gasteiger partial charge on any atom is 0.413 e. The van der Waals surface area contributed by atoms with Crippen LogP contribution in [0.1, 0.15) is 5.56 Å². The number of nitrogens with two attached hydrogens (primary N) is 1. The lowest BCUT2D eigenvalue weighted by atomic mass is 10.1. The van der Waals surface area contributed by atoms with E-state index in [2.05, 4.69) is 5.32 Å². The van der Waals surface area contributed by atoms with Crippen LogP contribution in [0.3, 0.4) is 0 Å². The van der Waals surface area contributed by atoms with Crippen molar-refractivity contribution >= 4 is 33.1 Å². The molecular formula is C24H24N4O5S. The van der Waals surface area contributed by atoms with Crippen molar-refractivity contribution in [1.29, 1.82) is 5.41 Å². The molecule has 0 bridgehead atoms. The van der Waals surface area contributed by atoms with Gasteiger partial charge < -0.3 is 20.1 Å². The lowest BCUT2D eigenvalue weighted by Gasteiger charge is -2.24. The molecule has 10 heteroatoms. The molecule has 1 fully saturated rings. The highest BCUT2D eigenvalue weighted by Gasteiger charge is 2.29. The van der Waals surface area contributed by atoms with Crippen molar-refractivity contribution in [3.63, 3.8) is 0 Å². The van der Waals surface area contributed by atoms with Crippen LogP contribution in [-0.4, -0.2) is 46.2 Å². The molecule has 4 rings (SSSR count). The number of amidine groups is 1. The molecule has 1 saturated heterocycles. The highest BCUT2D eigenvalue weighted by Crippen LogP contribution is 2.28. The van der Waals surface area contributed by atoms with Gasteiger partial charge in [-0.2, -0.15) is 0 Å². The third-order valence-corrected chi connectivity index (χ3v) is 6.45. The van der Waals surface area contributed by atoms with Crippen LogP contribution in [0, 0.1) is 5.41 Å². The van der Waals surface area contributed by atoms with Gasteiger partial charge in [-0.15, -0.1) is 0 Å². The van der Waals surface area contributed by atoms with E-state index in [1.807, 2.05) is 6.07 Å². The fraction of sp³-hybridized carbons (Fsp3) is 0.167. The predicted octanol–water partition coefficient (Wildman–Crippen LogP) is 3.41. The van der Waals surface area contributed by atoms with E-state index in [1.165, 1.54) is 6.26 Å². The smallest absolute Gasteiger partial charge is 0.413 e. The van der Waals surface area contributed by atoms with E-state index in [0.29, 0.717) is 22.4 Å². The Kier molecular flexibility index (Phi) is 6.53. The number of anilines is 2. The zero-order valence-electron chi connectivity index (χ0n) is 18.4. The molecule has 1 aliphatic rings. The van der Waals surface area contributed by atoms with Crippen LogP contribution >= 0.6 is 0 Å². The minimum atomic E-state index is -3.38. The molecule has 3 aromatic carbocycles. The monoisotopic (exact) mass is 480 g/mol. The Bertz CT molecular complexity index is 1330. The van der Waals surface area contributed by atoms with Crippen LogP contribution in [0.2, 0.25) is 0 Å². The molecule has 176 valence electrons.